The van der Waals surface area contributed by atoms with Gasteiger partial charge < -0.3 is 15.0 Å². The Morgan fingerprint density at radius 3 is 2.32 bits per heavy atom. The first-order chi connectivity index (χ1) is 14.6. The molecule has 0 atom stereocenters. The van der Waals surface area contributed by atoms with E-state index in [1.807, 2.05) is 37.4 Å². The Kier molecular flexibility index (Phi) is 6.19. The van der Waals surface area contributed by atoms with E-state index in [2.05, 4.69) is 0 Å². The van der Waals surface area contributed by atoms with Gasteiger partial charge in [0.25, 0.3) is 5.56 Å². The van der Waals surface area contributed by atoms with Crippen LogP contribution in [0.4, 0.5) is 18.0 Å². The minimum atomic E-state index is -4.82. The lowest BCUT2D eigenvalue weighted by molar-refractivity contribution is -0.138. The number of carboxylic acid groups (broad SMARTS) is 1. The first-order valence-electron chi connectivity index (χ1n) is 9.50. The molecule has 31 heavy (non-hydrogen) atoms. The van der Waals surface area contributed by atoms with Crippen molar-refractivity contribution in [3.8, 4) is 11.3 Å². The molecule has 0 aliphatic rings. The van der Waals surface area contributed by atoms with Gasteiger partial charge >= 0.3 is 12.3 Å². The molecular weight excluding hydrogens is 409 g/mol. The Balaban J connectivity index is 2.28. The number of alkyl halides is 3. The van der Waals surface area contributed by atoms with Crippen LogP contribution in [0, 0.1) is 13.8 Å². The molecule has 0 bridgehead atoms. The van der Waals surface area contributed by atoms with Crippen molar-refractivity contribution in [2.45, 2.75) is 33.1 Å². The predicted molar refractivity (Wildman–Crippen MR) is 111 cm³/mol. The maximum Gasteiger partial charge on any atom is 0.417 e. The number of aryl methyl sites for hydroxylation is 2. The molecule has 1 aromatic heterocycles. The van der Waals surface area contributed by atoms with Crippen LogP contribution in [0.2, 0.25) is 0 Å². The van der Waals surface area contributed by atoms with Crippen molar-refractivity contribution < 1.29 is 23.1 Å². The fourth-order valence-corrected chi connectivity index (χ4v) is 3.48. The van der Waals surface area contributed by atoms with E-state index in [1.54, 1.807) is 30.3 Å². The molecule has 5 nitrogen and oxygen atoms in total. The van der Waals surface area contributed by atoms with Gasteiger partial charge in [-0.3, -0.25) is 4.79 Å². The first-order valence-corrected chi connectivity index (χ1v) is 9.50. The van der Waals surface area contributed by atoms with E-state index in [9.17, 15) is 22.8 Å². The lowest BCUT2D eigenvalue weighted by Crippen LogP contribution is -2.34. The van der Waals surface area contributed by atoms with Crippen molar-refractivity contribution >= 4 is 6.09 Å². The predicted octanol–water partition coefficient (Wildman–Crippen LogP) is 4.97. The summed E-state index contributed by atoms with van der Waals surface area (Å²) in [6.45, 7) is 3.09. The van der Waals surface area contributed by atoms with Crippen LogP contribution in [-0.2, 0) is 19.3 Å². The van der Waals surface area contributed by atoms with E-state index in [1.165, 1.54) is 4.57 Å². The van der Waals surface area contributed by atoms with Crippen molar-refractivity contribution in [1.82, 2.24) is 9.88 Å². The average Bonchev–Trinajstić information content (AvgIpc) is 2.69. The molecule has 0 aliphatic heterocycles. The highest BCUT2D eigenvalue weighted by Crippen LogP contribution is 2.34. The molecule has 0 aliphatic carbocycles. The highest BCUT2D eigenvalue weighted by atomic mass is 19.4. The third-order valence-corrected chi connectivity index (χ3v) is 5.02. The number of amides is 1. The number of nitrogens with one attached hydrogen (secondary N) is 1. The van der Waals surface area contributed by atoms with Crippen molar-refractivity contribution in [3.63, 3.8) is 0 Å². The molecule has 1 heterocycles. The van der Waals surface area contributed by atoms with Crippen LogP contribution >= 0.6 is 0 Å². The number of rotatable bonds is 5. The van der Waals surface area contributed by atoms with E-state index in [-0.39, 0.29) is 12.2 Å². The molecule has 3 rings (SSSR count). The van der Waals surface area contributed by atoms with Gasteiger partial charge in [-0.05, 0) is 36.6 Å². The smallest absolute Gasteiger partial charge is 0.417 e. The van der Waals surface area contributed by atoms with Crippen molar-refractivity contribution in [2.75, 3.05) is 0 Å². The summed E-state index contributed by atoms with van der Waals surface area (Å²) in [7, 11) is 0. The van der Waals surface area contributed by atoms with Crippen LogP contribution < -0.4 is 10.9 Å². The summed E-state index contributed by atoms with van der Waals surface area (Å²) < 4.78 is 42.6. The van der Waals surface area contributed by atoms with Crippen LogP contribution in [0.25, 0.3) is 11.3 Å². The SMILES string of the molecule is Cc1ccc(Cn2c(-c3ccccc3)cc(C(F)(F)F)c(CNC(=O)O)c2=O)c(C)c1. The summed E-state index contributed by atoms with van der Waals surface area (Å²) in [4.78, 5) is 24.1. The second kappa shape index (κ2) is 8.67. The number of carbonyl (C=O) groups is 1. The average molecular weight is 430 g/mol. The number of nitrogens with zero attached hydrogens (tertiary/aromatic N) is 1. The fourth-order valence-electron chi connectivity index (χ4n) is 3.48. The third-order valence-electron chi connectivity index (χ3n) is 5.02. The summed E-state index contributed by atoms with van der Waals surface area (Å²) in [6, 6.07) is 14.9. The molecule has 162 valence electrons. The maximum absolute atomic E-state index is 13.8. The lowest BCUT2D eigenvalue weighted by Gasteiger charge is -2.20. The third kappa shape index (κ3) is 4.96. The van der Waals surface area contributed by atoms with Gasteiger partial charge in [-0.15, -0.1) is 0 Å². The maximum atomic E-state index is 13.8. The minimum absolute atomic E-state index is 0.0490. The second-order valence-corrected chi connectivity index (χ2v) is 7.27. The minimum Gasteiger partial charge on any atom is -0.465 e. The monoisotopic (exact) mass is 430 g/mol. The molecule has 0 saturated carbocycles. The number of hydrogen-bond donors (Lipinski definition) is 2. The zero-order chi connectivity index (χ0) is 22.8. The van der Waals surface area contributed by atoms with Gasteiger partial charge in [-0.1, -0.05) is 54.1 Å². The zero-order valence-corrected chi connectivity index (χ0v) is 17.0. The van der Waals surface area contributed by atoms with Gasteiger partial charge in [0.1, 0.15) is 0 Å². The lowest BCUT2D eigenvalue weighted by atomic mass is 10.0. The van der Waals surface area contributed by atoms with Gasteiger partial charge in [0.2, 0.25) is 0 Å². The molecule has 8 heteroatoms. The second-order valence-electron chi connectivity index (χ2n) is 7.27. The van der Waals surface area contributed by atoms with E-state index in [0.717, 1.165) is 22.8 Å². The van der Waals surface area contributed by atoms with E-state index in [4.69, 9.17) is 5.11 Å². The zero-order valence-electron chi connectivity index (χ0n) is 17.0. The van der Waals surface area contributed by atoms with Crippen LogP contribution in [0.5, 0.6) is 0 Å². The van der Waals surface area contributed by atoms with E-state index < -0.39 is 35.5 Å². The molecule has 3 aromatic rings. The molecular formula is C23H21F3N2O3. The molecule has 0 unspecified atom stereocenters. The Bertz CT molecular complexity index is 1170. The van der Waals surface area contributed by atoms with Crippen molar-refractivity contribution in [2.24, 2.45) is 0 Å². The topological polar surface area (TPSA) is 71.3 Å². The quantitative estimate of drug-likeness (QED) is 0.601. The first kappa shape index (κ1) is 22.1. The molecule has 1 amide bonds. The normalized spacial score (nSPS) is 11.4. The van der Waals surface area contributed by atoms with Crippen molar-refractivity contribution in [3.05, 3.63) is 92.8 Å². The number of pyridine rings is 1. The van der Waals surface area contributed by atoms with Crippen molar-refractivity contribution in [1.29, 1.82) is 0 Å². The Labute approximate surface area is 176 Å². The van der Waals surface area contributed by atoms with Crippen LogP contribution in [0.1, 0.15) is 27.8 Å². The molecule has 2 aromatic carbocycles. The largest absolute Gasteiger partial charge is 0.465 e. The highest BCUT2D eigenvalue weighted by Gasteiger charge is 2.36. The van der Waals surface area contributed by atoms with Crippen LogP contribution in [-0.4, -0.2) is 15.8 Å². The summed E-state index contributed by atoms with van der Waals surface area (Å²) >= 11 is 0. The molecule has 0 fully saturated rings. The molecule has 0 radical (unpaired) electrons. The van der Waals surface area contributed by atoms with Crippen LogP contribution in [0.15, 0.2) is 59.4 Å². The number of hydrogen-bond acceptors (Lipinski definition) is 2. The number of aromatic nitrogens is 1. The Morgan fingerprint density at radius 2 is 1.74 bits per heavy atom. The highest BCUT2D eigenvalue weighted by molar-refractivity contribution is 5.65. The number of halogens is 3. The summed E-state index contributed by atoms with van der Waals surface area (Å²) in [5.41, 5.74) is 0.585. The van der Waals surface area contributed by atoms with Gasteiger partial charge in [-0.25, -0.2) is 4.79 Å². The molecule has 0 saturated heterocycles. The van der Waals surface area contributed by atoms with Crippen LogP contribution in [0.3, 0.4) is 0 Å². The standard InChI is InChI=1S/C23H21F3N2O3/c1-14-8-9-17(15(2)10-14)13-28-20(16-6-4-3-5-7-16)11-19(23(24,25)26)18(21(28)29)12-27-22(30)31/h3-11,27H,12-13H2,1-2H3,(H,30,31). The Hall–Kier alpha value is -3.55. The summed E-state index contributed by atoms with van der Waals surface area (Å²) in [5, 5.41) is 10.7. The van der Waals surface area contributed by atoms with E-state index in [0.29, 0.717) is 5.56 Å². The Morgan fingerprint density at radius 1 is 1.06 bits per heavy atom. The van der Waals surface area contributed by atoms with Gasteiger partial charge in [-0.2, -0.15) is 13.2 Å². The fraction of sp³-hybridized carbons (Fsp3) is 0.217. The summed E-state index contributed by atoms with van der Waals surface area (Å²) in [6.07, 6.45) is -6.34. The van der Waals surface area contributed by atoms with Gasteiger partial charge in [0.15, 0.2) is 0 Å². The number of benzene rings is 2. The van der Waals surface area contributed by atoms with Gasteiger partial charge in [0, 0.05) is 5.56 Å². The molecule has 0 spiro atoms. The van der Waals surface area contributed by atoms with E-state index >= 15 is 0 Å². The molecule has 2 N–H and O–H groups in total. The summed E-state index contributed by atoms with van der Waals surface area (Å²) in [5.74, 6) is 0. The van der Waals surface area contributed by atoms with Gasteiger partial charge in [0.05, 0.1) is 24.3 Å².